The Balaban J connectivity index is 1.50. The number of carbonyl (C=O) groups is 1. The van der Waals surface area contributed by atoms with Crippen molar-refractivity contribution < 1.29 is 23.1 Å². The zero-order chi connectivity index (χ0) is 25.0. The molecule has 2 heterocycles. The van der Waals surface area contributed by atoms with E-state index >= 15 is 0 Å². The number of carboxylic acid groups (broad SMARTS) is 1. The monoisotopic (exact) mass is 503 g/mol. The van der Waals surface area contributed by atoms with Crippen molar-refractivity contribution in [2.24, 2.45) is 0 Å². The quantitative estimate of drug-likeness (QED) is 0.366. The minimum absolute atomic E-state index is 0.224. The number of carboxylic acids is 1. The van der Waals surface area contributed by atoms with Gasteiger partial charge >= 0.3 is 12.1 Å². The minimum atomic E-state index is -4.37. The van der Waals surface area contributed by atoms with Gasteiger partial charge in [-0.2, -0.15) is 13.2 Å². The van der Waals surface area contributed by atoms with Gasteiger partial charge in [0, 0.05) is 38.3 Å². The molecule has 1 aliphatic heterocycles. The molecule has 0 bridgehead atoms. The molecule has 3 aromatic rings. The van der Waals surface area contributed by atoms with E-state index in [-0.39, 0.29) is 6.04 Å². The van der Waals surface area contributed by atoms with Crippen LogP contribution < -0.4 is 4.90 Å². The van der Waals surface area contributed by atoms with Crippen molar-refractivity contribution in [1.29, 1.82) is 0 Å². The van der Waals surface area contributed by atoms with Crippen molar-refractivity contribution in [2.75, 3.05) is 24.5 Å². The number of hydrogen-bond donors (Lipinski definition) is 1. The Bertz CT molecular complexity index is 1210. The Kier molecular flexibility index (Phi) is 7.76. The highest BCUT2D eigenvalue weighted by atomic mass is 32.1. The highest BCUT2D eigenvalue weighted by Crippen LogP contribution is 2.36. The molecule has 1 N–H and O–H groups in total. The summed E-state index contributed by atoms with van der Waals surface area (Å²) in [5.41, 5.74) is 1.91. The van der Waals surface area contributed by atoms with Crippen molar-refractivity contribution in [3.05, 3.63) is 65.2 Å². The summed E-state index contributed by atoms with van der Waals surface area (Å²) < 4.78 is 40.0. The second-order valence-corrected chi connectivity index (χ2v) is 9.83. The van der Waals surface area contributed by atoms with E-state index in [1.807, 2.05) is 24.3 Å². The predicted molar refractivity (Wildman–Crippen MR) is 134 cm³/mol. The zero-order valence-electron chi connectivity index (χ0n) is 19.5. The van der Waals surface area contributed by atoms with Crippen LogP contribution in [0.15, 0.2) is 48.5 Å². The number of benzene rings is 2. The molecule has 9 heteroatoms. The molecule has 35 heavy (non-hydrogen) atoms. The first-order valence-electron chi connectivity index (χ1n) is 11.7. The molecule has 4 rings (SSSR count). The maximum atomic E-state index is 13.1. The molecule has 1 aliphatic rings. The van der Waals surface area contributed by atoms with Gasteiger partial charge in [0.05, 0.1) is 15.8 Å². The molecule has 1 atom stereocenters. The number of fused-ring (bicyclic) bond motifs is 1. The fraction of sp³-hybridized carbons (Fsp3) is 0.385. The van der Waals surface area contributed by atoms with Gasteiger partial charge in [-0.15, -0.1) is 0 Å². The van der Waals surface area contributed by atoms with Crippen molar-refractivity contribution in [3.8, 4) is 0 Å². The number of nitrogens with zero attached hydrogens (tertiary/aromatic N) is 3. The predicted octanol–water partition coefficient (Wildman–Crippen LogP) is 6.29. The average molecular weight is 504 g/mol. The summed E-state index contributed by atoms with van der Waals surface area (Å²) in [7, 11) is 0. The van der Waals surface area contributed by atoms with Crippen LogP contribution in [0.3, 0.4) is 0 Å². The number of alkyl halides is 3. The SMILES string of the molecule is CCCC[C@@H]1CN(Cc2cccc(/C=C/C(=O)O)c2)CCN1c1nc2ccc(C(F)(F)F)cc2s1. The van der Waals surface area contributed by atoms with Crippen molar-refractivity contribution >= 4 is 38.7 Å². The first-order valence-corrected chi connectivity index (χ1v) is 12.5. The molecule has 1 aromatic heterocycles. The van der Waals surface area contributed by atoms with Gasteiger partial charge in [-0.3, -0.25) is 4.90 Å². The molecule has 1 fully saturated rings. The van der Waals surface area contributed by atoms with Gasteiger partial charge in [-0.25, -0.2) is 9.78 Å². The Morgan fingerprint density at radius 3 is 2.80 bits per heavy atom. The number of rotatable bonds is 8. The van der Waals surface area contributed by atoms with Crippen LogP contribution in [0.25, 0.3) is 16.3 Å². The van der Waals surface area contributed by atoms with Crippen LogP contribution in [0.5, 0.6) is 0 Å². The van der Waals surface area contributed by atoms with Crippen LogP contribution in [0, 0.1) is 0 Å². The van der Waals surface area contributed by atoms with Gasteiger partial charge in [0.25, 0.3) is 0 Å². The maximum Gasteiger partial charge on any atom is 0.416 e. The Morgan fingerprint density at radius 2 is 2.06 bits per heavy atom. The summed E-state index contributed by atoms with van der Waals surface area (Å²) in [4.78, 5) is 20.1. The number of piperazine rings is 1. The largest absolute Gasteiger partial charge is 0.478 e. The molecule has 0 amide bonds. The highest BCUT2D eigenvalue weighted by molar-refractivity contribution is 7.22. The van der Waals surface area contributed by atoms with Gasteiger partial charge < -0.3 is 10.0 Å². The second kappa shape index (κ2) is 10.8. The van der Waals surface area contributed by atoms with Gasteiger partial charge in [-0.05, 0) is 41.8 Å². The summed E-state index contributed by atoms with van der Waals surface area (Å²) in [6.45, 7) is 5.29. The molecule has 0 aliphatic carbocycles. The zero-order valence-corrected chi connectivity index (χ0v) is 20.3. The smallest absolute Gasteiger partial charge is 0.416 e. The lowest BCUT2D eigenvalue weighted by atomic mass is 10.0. The Labute approximate surface area is 206 Å². The molecule has 0 unspecified atom stereocenters. The number of anilines is 1. The van der Waals surface area contributed by atoms with Crippen LogP contribution >= 0.6 is 11.3 Å². The fourth-order valence-electron chi connectivity index (χ4n) is 4.43. The van der Waals surface area contributed by atoms with Crippen LogP contribution in [0.1, 0.15) is 42.9 Å². The van der Waals surface area contributed by atoms with Gasteiger partial charge in [-0.1, -0.05) is 55.4 Å². The minimum Gasteiger partial charge on any atom is -0.478 e. The number of thiazole rings is 1. The van der Waals surface area contributed by atoms with Crippen molar-refractivity contribution in [3.63, 3.8) is 0 Å². The molecule has 1 saturated heterocycles. The average Bonchev–Trinajstić information content (AvgIpc) is 3.24. The van der Waals surface area contributed by atoms with E-state index in [4.69, 9.17) is 5.11 Å². The van der Waals surface area contributed by atoms with Gasteiger partial charge in [0.15, 0.2) is 5.13 Å². The summed E-state index contributed by atoms with van der Waals surface area (Å²) >= 11 is 1.33. The second-order valence-electron chi connectivity index (χ2n) is 8.82. The van der Waals surface area contributed by atoms with Crippen LogP contribution in [-0.2, 0) is 17.5 Å². The third-order valence-electron chi connectivity index (χ3n) is 6.18. The van der Waals surface area contributed by atoms with Crippen molar-refractivity contribution in [2.45, 2.75) is 44.9 Å². The molecule has 0 radical (unpaired) electrons. The first-order chi connectivity index (χ1) is 16.7. The van der Waals surface area contributed by atoms with Crippen LogP contribution in [-0.4, -0.2) is 46.6 Å². The van der Waals surface area contributed by atoms with E-state index in [1.165, 1.54) is 23.5 Å². The van der Waals surface area contributed by atoms with Crippen LogP contribution in [0.2, 0.25) is 0 Å². The molecular weight excluding hydrogens is 475 g/mol. The molecule has 0 saturated carbocycles. The molecule has 5 nitrogen and oxygen atoms in total. The van der Waals surface area contributed by atoms with E-state index in [2.05, 4.69) is 21.7 Å². The first kappa shape index (κ1) is 25.2. The van der Waals surface area contributed by atoms with E-state index in [0.29, 0.717) is 10.2 Å². The highest BCUT2D eigenvalue weighted by Gasteiger charge is 2.32. The third kappa shape index (κ3) is 6.41. The molecular formula is C26H28F3N3O2S. The number of aliphatic carboxylic acids is 1. The number of halogens is 3. The molecule has 186 valence electrons. The standard InChI is InChI=1S/C26H28F3N3O2S/c1-2-3-7-21-17-31(16-19-6-4-5-18(14-19)8-11-24(33)34)12-13-32(21)25-30-22-10-9-20(26(27,28)29)15-23(22)35-25/h4-6,8-11,14-15,21H,2-3,7,12-13,16-17H2,1H3,(H,33,34)/b11-8+/t21-/m1/s1. The van der Waals surface area contributed by atoms with Crippen molar-refractivity contribution in [1.82, 2.24) is 9.88 Å². The van der Waals surface area contributed by atoms with E-state index in [1.54, 1.807) is 6.08 Å². The Morgan fingerprint density at radius 1 is 1.23 bits per heavy atom. The number of aromatic nitrogens is 1. The summed E-state index contributed by atoms with van der Waals surface area (Å²) in [5.74, 6) is -0.977. The van der Waals surface area contributed by atoms with Crippen LogP contribution in [0.4, 0.5) is 18.3 Å². The lowest BCUT2D eigenvalue weighted by Gasteiger charge is -2.41. The van der Waals surface area contributed by atoms with E-state index < -0.39 is 17.7 Å². The van der Waals surface area contributed by atoms with Gasteiger partial charge in [0.2, 0.25) is 0 Å². The van der Waals surface area contributed by atoms with E-state index in [9.17, 15) is 18.0 Å². The van der Waals surface area contributed by atoms with E-state index in [0.717, 1.165) is 73.8 Å². The summed E-state index contributed by atoms with van der Waals surface area (Å²) in [6.07, 6.45) is 1.47. The maximum absolute atomic E-state index is 13.1. The number of unbranched alkanes of at least 4 members (excludes halogenated alkanes) is 1. The topological polar surface area (TPSA) is 56.7 Å². The lowest BCUT2D eigenvalue weighted by molar-refractivity contribution is -0.137. The lowest BCUT2D eigenvalue weighted by Crippen LogP contribution is -2.53. The number of hydrogen-bond acceptors (Lipinski definition) is 5. The Hall–Kier alpha value is -2.91. The molecule has 2 aromatic carbocycles. The normalized spacial score (nSPS) is 17.5. The summed E-state index contributed by atoms with van der Waals surface area (Å²) in [6, 6.07) is 11.8. The van der Waals surface area contributed by atoms with Gasteiger partial charge in [0.1, 0.15) is 0 Å². The fourth-order valence-corrected chi connectivity index (χ4v) is 5.54. The summed E-state index contributed by atoms with van der Waals surface area (Å²) in [5, 5.41) is 9.64. The third-order valence-corrected chi connectivity index (χ3v) is 7.24. The molecule has 0 spiro atoms.